The van der Waals surface area contributed by atoms with Crippen LogP contribution in [0.2, 0.25) is 4.34 Å². The van der Waals surface area contributed by atoms with Gasteiger partial charge >= 0.3 is 0 Å². The summed E-state index contributed by atoms with van der Waals surface area (Å²) in [6, 6.07) is 3.61. The molecule has 0 aliphatic carbocycles. The van der Waals surface area contributed by atoms with Crippen LogP contribution < -0.4 is 0 Å². The molecule has 0 aliphatic heterocycles. The Balaban J connectivity index is 2.55. The molecule has 0 saturated carbocycles. The fourth-order valence-corrected chi connectivity index (χ4v) is 2.94. The summed E-state index contributed by atoms with van der Waals surface area (Å²) in [5.41, 5.74) is 0. The lowest BCUT2D eigenvalue weighted by Gasteiger charge is -2.24. The van der Waals surface area contributed by atoms with E-state index >= 15 is 0 Å². The topological polar surface area (TPSA) is 20.3 Å². The molecule has 1 rings (SSSR count). The lowest BCUT2D eigenvalue weighted by Crippen LogP contribution is -2.33. The van der Waals surface area contributed by atoms with Crippen LogP contribution in [0.25, 0.3) is 0 Å². The number of rotatable bonds is 8. The first-order chi connectivity index (χ1) is 8.60. The van der Waals surface area contributed by atoms with E-state index in [2.05, 4.69) is 25.7 Å². The largest absolute Gasteiger partial charge is 0.296 e. The second kappa shape index (κ2) is 7.93. The summed E-state index contributed by atoms with van der Waals surface area (Å²) in [5.74, 6) is 0.865. The fourth-order valence-electron chi connectivity index (χ4n) is 1.96. The van der Waals surface area contributed by atoms with Gasteiger partial charge in [0.05, 0.1) is 15.8 Å². The summed E-state index contributed by atoms with van der Waals surface area (Å²) in [6.07, 6.45) is 2.35. The molecule has 0 aromatic carbocycles. The van der Waals surface area contributed by atoms with E-state index < -0.39 is 0 Å². The van der Waals surface area contributed by atoms with Gasteiger partial charge < -0.3 is 0 Å². The lowest BCUT2D eigenvalue weighted by molar-refractivity contribution is 0.0924. The van der Waals surface area contributed by atoms with Gasteiger partial charge in [-0.05, 0) is 24.6 Å². The number of likely N-dealkylation sites (N-methyl/N-ethyl adjacent to an activating group) is 1. The van der Waals surface area contributed by atoms with Crippen molar-refractivity contribution < 1.29 is 4.79 Å². The van der Waals surface area contributed by atoms with Gasteiger partial charge in [-0.2, -0.15) is 0 Å². The summed E-state index contributed by atoms with van der Waals surface area (Å²) in [4.78, 5) is 15.1. The van der Waals surface area contributed by atoms with Crippen LogP contribution in [-0.2, 0) is 0 Å². The molecular formula is C14H22ClNOS. The Kier molecular flexibility index (Phi) is 6.90. The highest BCUT2D eigenvalue weighted by Gasteiger charge is 2.15. The Morgan fingerprint density at radius 3 is 2.44 bits per heavy atom. The molecule has 1 aromatic heterocycles. The molecule has 4 heteroatoms. The SMILES string of the molecule is CCC(CC)CN(CC)CC(=O)c1ccc(Cl)s1. The van der Waals surface area contributed by atoms with E-state index in [1.807, 2.05) is 6.07 Å². The highest BCUT2D eigenvalue weighted by atomic mass is 35.5. The molecule has 0 aliphatic rings. The molecule has 2 nitrogen and oxygen atoms in total. The number of Topliss-reactive ketones (excluding diaryl/α,β-unsaturated/α-hetero) is 1. The maximum absolute atomic E-state index is 12.1. The van der Waals surface area contributed by atoms with Gasteiger partial charge in [-0.3, -0.25) is 9.69 Å². The number of halogens is 1. The molecule has 0 unspecified atom stereocenters. The van der Waals surface area contributed by atoms with Crippen molar-refractivity contribution in [3.05, 3.63) is 21.3 Å². The first kappa shape index (κ1) is 15.7. The first-order valence-electron chi connectivity index (χ1n) is 6.61. The van der Waals surface area contributed by atoms with Crippen LogP contribution in [0.3, 0.4) is 0 Å². The molecule has 0 atom stereocenters. The van der Waals surface area contributed by atoms with E-state index in [9.17, 15) is 4.79 Å². The molecule has 0 radical (unpaired) electrons. The van der Waals surface area contributed by atoms with Crippen molar-refractivity contribution in [2.75, 3.05) is 19.6 Å². The maximum Gasteiger partial charge on any atom is 0.186 e. The Morgan fingerprint density at radius 2 is 2.00 bits per heavy atom. The molecule has 0 N–H and O–H groups in total. The monoisotopic (exact) mass is 287 g/mol. The zero-order valence-corrected chi connectivity index (χ0v) is 13.0. The average molecular weight is 288 g/mol. The van der Waals surface area contributed by atoms with Gasteiger partial charge in [-0.25, -0.2) is 0 Å². The van der Waals surface area contributed by atoms with E-state index in [1.54, 1.807) is 6.07 Å². The van der Waals surface area contributed by atoms with Crippen molar-refractivity contribution in [3.8, 4) is 0 Å². The van der Waals surface area contributed by atoms with Crippen LogP contribution in [0.15, 0.2) is 12.1 Å². The van der Waals surface area contributed by atoms with Gasteiger partial charge in [0.15, 0.2) is 5.78 Å². The zero-order valence-electron chi connectivity index (χ0n) is 11.4. The standard InChI is InChI=1S/C14H22ClNOS/c1-4-11(5-2)9-16(6-3)10-12(17)13-7-8-14(15)18-13/h7-8,11H,4-6,9-10H2,1-3H3. The molecule has 0 spiro atoms. The van der Waals surface area contributed by atoms with Gasteiger partial charge in [-0.1, -0.05) is 45.2 Å². The van der Waals surface area contributed by atoms with Gasteiger partial charge in [0.25, 0.3) is 0 Å². The van der Waals surface area contributed by atoms with Crippen molar-refractivity contribution >= 4 is 28.7 Å². The number of ketones is 1. The number of hydrogen-bond donors (Lipinski definition) is 0. The summed E-state index contributed by atoms with van der Waals surface area (Å²) in [5, 5.41) is 0. The number of thiophene rings is 1. The second-order valence-electron chi connectivity index (χ2n) is 4.54. The van der Waals surface area contributed by atoms with E-state index in [1.165, 1.54) is 24.2 Å². The maximum atomic E-state index is 12.1. The van der Waals surface area contributed by atoms with Crippen LogP contribution in [0.4, 0.5) is 0 Å². The Morgan fingerprint density at radius 1 is 1.33 bits per heavy atom. The van der Waals surface area contributed by atoms with Gasteiger partial charge in [0.2, 0.25) is 0 Å². The Bertz CT molecular complexity index is 374. The van der Waals surface area contributed by atoms with Crippen molar-refractivity contribution in [2.24, 2.45) is 5.92 Å². The highest BCUT2D eigenvalue weighted by molar-refractivity contribution is 7.18. The molecule has 0 fully saturated rings. The molecule has 0 amide bonds. The van der Waals surface area contributed by atoms with Gasteiger partial charge in [0.1, 0.15) is 0 Å². The minimum absolute atomic E-state index is 0.180. The van der Waals surface area contributed by atoms with Gasteiger partial charge in [0, 0.05) is 6.54 Å². The van der Waals surface area contributed by atoms with Crippen LogP contribution in [0.5, 0.6) is 0 Å². The van der Waals surface area contributed by atoms with Crippen molar-refractivity contribution in [3.63, 3.8) is 0 Å². The third kappa shape index (κ3) is 4.71. The number of nitrogens with zero attached hydrogens (tertiary/aromatic N) is 1. The van der Waals surface area contributed by atoms with Crippen molar-refractivity contribution in [2.45, 2.75) is 33.6 Å². The fraction of sp³-hybridized carbons (Fsp3) is 0.643. The second-order valence-corrected chi connectivity index (χ2v) is 6.25. The summed E-state index contributed by atoms with van der Waals surface area (Å²) >= 11 is 7.22. The van der Waals surface area contributed by atoms with Gasteiger partial charge in [-0.15, -0.1) is 11.3 Å². The van der Waals surface area contributed by atoms with E-state index in [0.29, 0.717) is 16.8 Å². The molecule has 102 valence electrons. The highest BCUT2D eigenvalue weighted by Crippen LogP contribution is 2.22. The molecule has 0 bridgehead atoms. The van der Waals surface area contributed by atoms with Crippen LogP contribution in [0.1, 0.15) is 43.3 Å². The summed E-state index contributed by atoms with van der Waals surface area (Å²) < 4.78 is 0.682. The van der Waals surface area contributed by atoms with E-state index in [-0.39, 0.29) is 5.78 Å². The number of hydrogen-bond acceptors (Lipinski definition) is 3. The summed E-state index contributed by atoms with van der Waals surface area (Å²) in [7, 11) is 0. The van der Waals surface area contributed by atoms with E-state index in [0.717, 1.165) is 18.0 Å². The van der Waals surface area contributed by atoms with Crippen LogP contribution >= 0.6 is 22.9 Å². The minimum atomic E-state index is 0.180. The smallest absolute Gasteiger partial charge is 0.186 e. The predicted molar refractivity (Wildman–Crippen MR) is 79.8 cm³/mol. The third-order valence-corrected chi connectivity index (χ3v) is 4.61. The van der Waals surface area contributed by atoms with E-state index in [4.69, 9.17) is 11.6 Å². The van der Waals surface area contributed by atoms with Crippen LogP contribution in [-0.4, -0.2) is 30.3 Å². The van der Waals surface area contributed by atoms with Crippen molar-refractivity contribution in [1.29, 1.82) is 0 Å². The predicted octanol–water partition coefficient (Wildman–Crippen LogP) is 4.34. The summed E-state index contributed by atoms with van der Waals surface area (Å²) in [6.45, 7) is 8.96. The minimum Gasteiger partial charge on any atom is -0.296 e. The molecule has 1 aromatic rings. The third-order valence-electron chi connectivity index (χ3n) is 3.33. The zero-order chi connectivity index (χ0) is 13.5. The molecular weight excluding hydrogens is 266 g/mol. The molecule has 0 saturated heterocycles. The van der Waals surface area contributed by atoms with Crippen LogP contribution in [0, 0.1) is 5.92 Å². The van der Waals surface area contributed by atoms with Crippen molar-refractivity contribution in [1.82, 2.24) is 4.90 Å². The molecule has 18 heavy (non-hydrogen) atoms. The number of carbonyl (C=O) groups is 1. The molecule has 1 heterocycles. The Labute approximate surface area is 119 Å². The quantitative estimate of drug-likeness (QED) is 0.663. The Hall–Kier alpha value is -0.380. The number of carbonyl (C=O) groups excluding carboxylic acids is 1. The normalized spacial score (nSPS) is 11.4. The first-order valence-corrected chi connectivity index (χ1v) is 7.80. The lowest BCUT2D eigenvalue weighted by atomic mass is 10.0. The average Bonchev–Trinajstić information content (AvgIpc) is 2.81.